The molecule has 0 atom stereocenters. The lowest BCUT2D eigenvalue weighted by atomic mass is 9.93. The molecule has 7 aromatic rings. The van der Waals surface area contributed by atoms with Crippen molar-refractivity contribution >= 4 is 49.4 Å². The second-order valence-corrected chi connectivity index (χ2v) is 9.95. The number of aryl methyl sites for hydroxylation is 1. The Labute approximate surface area is 223 Å². The summed E-state index contributed by atoms with van der Waals surface area (Å²) >= 11 is 0. The van der Waals surface area contributed by atoms with Crippen molar-refractivity contribution in [1.82, 2.24) is 0 Å². The molecule has 1 nitrogen and oxygen atoms in total. The van der Waals surface area contributed by atoms with Gasteiger partial charge in [0.05, 0.1) is 5.69 Å². The van der Waals surface area contributed by atoms with Gasteiger partial charge in [-0.05, 0) is 81.2 Å². The van der Waals surface area contributed by atoms with Crippen LogP contribution in [0, 0.1) is 6.92 Å². The summed E-state index contributed by atoms with van der Waals surface area (Å²) in [5.74, 6) is 0. The third-order valence-electron chi connectivity index (χ3n) is 7.47. The Bertz CT molecular complexity index is 1930. The van der Waals surface area contributed by atoms with Crippen LogP contribution in [-0.2, 0) is 0 Å². The minimum absolute atomic E-state index is 1.14. The van der Waals surface area contributed by atoms with Crippen LogP contribution in [-0.4, -0.2) is 0 Å². The Morgan fingerprint density at radius 1 is 0.421 bits per heavy atom. The van der Waals surface area contributed by atoms with E-state index in [1.807, 2.05) is 0 Å². The summed E-state index contributed by atoms with van der Waals surface area (Å²) < 4.78 is 0. The highest BCUT2D eigenvalue weighted by Gasteiger charge is 2.20. The second kappa shape index (κ2) is 9.21. The van der Waals surface area contributed by atoms with Gasteiger partial charge in [0, 0.05) is 16.9 Å². The molecule has 0 heterocycles. The maximum absolute atomic E-state index is 2.41. The van der Waals surface area contributed by atoms with E-state index in [9.17, 15) is 0 Å². The number of hydrogen-bond donors (Lipinski definition) is 0. The molecule has 0 bridgehead atoms. The Morgan fingerprint density at radius 3 is 1.71 bits per heavy atom. The molecule has 0 amide bonds. The maximum Gasteiger partial charge on any atom is 0.0546 e. The Balaban J connectivity index is 1.54. The lowest BCUT2D eigenvalue weighted by Gasteiger charge is -2.29. The van der Waals surface area contributed by atoms with E-state index in [0.29, 0.717) is 0 Å². The highest BCUT2D eigenvalue weighted by molar-refractivity contribution is 6.07. The van der Waals surface area contributed by atoms with E-state index < -0.39 is 0 Å². The van der Waals surface area contributed by atoms with Gasteiger partial charge >= 0.3 is 0 Å². The zero-order valence-electron chi connectivity index (χ0n) is 21.3. The van der Waals surface area contributed by atoms with Crippen LogP contribution in [0.1, 0.15) is 5.56 Å². The zero-order chi connectivity index (χ0) is 25.5. The van der Waals surface area contributed by atoms with E-state index in [-0.39, 0.29) is 0 Å². The first-order valence-corrected chi connectivity index (χ1v) is 13.1. The summed E-state index contributed by atoms with van der Waals surface area (Å²) in [6.45, 7) is 2.14. The predicted octanol–water partition coefficient (Wildman–Crippen LogP) is 10.6. The predicted molar refractivity (Wildman–Crippen MR) is 164 cm³/mol. The smallest absolute Gasteiger partial charge is 0.0546 e. The first-order valence-electron chi connectivity index (χ1n) is 13.1. The fraction of sp³-hybridized carbons (Fsp3) is 0.0270. The number of benzene rings is 7. The SMILES string of the molecule is Cc1ccc(N(c2ccc3ccccc3c2)c2ccc3ccccc3c2-c2ccc3ccccc3c2)cc1. The van der Waals surface area contributed by atoms with Crippen LogP contribution in [0.25, 0.3) is 43.4 Å². The van der Waals surface area contributed by atoms with E-state index in [1.165, 1.54) is 49.0 Å². The van der Waals surface area contributed by atoms with Crippen molar-refractivity contribution in [3.05, 3.63) is 151 Å². The van der Waals surface area contributed by atoms with Crippen LogP contribution >= 0.6 is 0 Å². The number of fused-ring (bicyclic) bond motifs is 3. The minimum atomic E-state index is 1.14. The molecule has 1 heteroatoms. The molecule has 0 saturated carbocycles. The molecule has 0 aliphatic carbocycles. The van der Waals surface area contributed by atoms with Crippen molar-refractivity contribution < 1.29 is 0 Å². The molecule has 38 heavy (non-hydrogen) atoms. The van der Waals surface area contributed by atoms with Gasteiger partial charge in [-0.3, -0.25) is 0 Å². The molecule has 0 aromatic heterocycles. The Morgan fingerprint density at radius 2 is 0.974 bits per heavy atom. The van der Waals surface area contributed by atoms with E-state index >= 15 is 0 Å². The molecular formula is C37H27N. The van der Waals surface area contributed by atoms with E-state index in [4.69, 9.17) is 0 Å². The van der Waals surface area contributed by atoms with Gasteiger partial charge in [-0.25, -0.2) is 0 Å². The molecule has 0 N–H and O–H groups in total. The lowest BCUT2D eigenvalue weighted by molar-refractivity contribution is 1.28. The first kappa shape index (κ1) is 22.3. The fourth-order valence-electron chi connectivity index (χ4n) is 5.53. The lowest BCUT2D eigenvalue weighted by Crippen LogP contribution is -2.11. The van der Waals surface area contributed by atoms with Gasteiger partial charge in [-0.1, -0.05) is 115 Å². The monoisotopic (exact) mass is 485 g/mol. The number of rotatable bonds is 4. The molecule has 0 radical (unpaired) electrons. The van der Waals surface area contributed by atoms with Crippen molar-refractivity contribution in [3.63, 3.8) is 0 Å². The normalized spacial score (nSPS) is 11.3. The fourth-order valence-corrected chi connectivity index (χ4v) is 5.53. The van der Waals surface area contributed by atoms with Gasteiger partial charge in [0.25, 0.3) is 0 Å². The van der Waals surface area contributed by atoms with Crippen molar-refractivity contribution in [2.75, 3.05) is 4.90 Å². The van der Waals surface area contributed by atoms with Crippen LogP contribution < -0.4 is 4.90 Å². The highest BCUT2D eigenvalue weighted by Crippen LogP contribution is 2.45. The summed E-state index contributed by atoms with van der Waals surface area (Å²) in [7, 11) is 0. The Hall–Kier alpha value is -4.88. The van der Waals surface area contributed by atoms with Gasteiger partial charge in [-0.15, -0.1) is 0 Å². The molecule has 0 unspecified atom stereocenters. The number of hydrogen-bond acceptors (Lipinski definition) is 1. The average Bonchev–Trinajstić information content (AvgIpc) is 2.98. The molecule has 0 spiro atoms. The minimum Gasteiger partial charge on any atom is -0.310 e. The standard InChI is InChI=1S/C37H27N/c1-26-14-20-33(21-15-26)38(34-22-18-28-9-3-5-12-31(28)25-34)36-23-19-29-10-6-7-13-35(29)37(36)32-17-16-27-8-2-4-11-30(27)24-32/h2-25H,1H3. The topological polar surface area (TPSA) is 3.24 Å². The largest absolute Gasteiger partial charge is 0.310 e. The summed E-state index contributed by atoms with van der Waals surface area (Å²) in [6.07, 6.45) is 0. The molecule has 7 aromatic carbocycles. The van der Waals surface area contributed by atoms with Gasteiger partial charge in [0.2, 0.25) is 0 Å². The summed E-state index contributed by atoms with van der Waals surface area (Å²) in [5, 5.41) is 7.46. The van der Waals surface area contributed by atoms with Gasteiger partial charge in [-0.2, -0.15) is 0 Å². The zero-order valence-corrected chi connectivity index (χ0v) is 21.3. The van der Waals surface area contributed by atoms with Crippen LogP contribution in [0.3, 0.4) is 0 Å². The quantitative estimate of drug-likeness (QED) is 0.240. The number of anilines is 3. The third kappa shape index (κ3) is 3.90. The first-order chi connectivity index (χ1) is 18.7. The summed E-state index contributed by atoms with van der Waals surface area (Å²) in [4.78, 5) is 2.41. The molecule has 0 saturated heterocycles. The molecule has 7 rings (SSSR count). The van der Waals surface area contributed by atoms with Crippen LogP contribution in [0.2, 0.25) is 0 Å². The second-order valence-electron chi connectivity index (χ2n) is 9.95. The summed E-state index contributed by atoms with van der Waals surface area (Å²) in [6, 6.07) is 52.8. The molecule has 0 aliphatic heterocycles. The third-order valence-corrected chi connectivity index (χ3v) is 7.47. The van der Waals surface area contributed by atoms with Gasteiger partial charge < -0.3 is 4.90 Å². The van der Waals surface area contributed by atoms with Crippen molar-refractivity contribution in [2.45, 2.75) is 6.92 Å². The molecule has 180 valence electrons. The van der Waals surface area contributed by atoms with Crippen molar-refractivity contribution in [3.8, 4) is 11.1 Å². The van der Waals surface area contributed by atoms with E-state index in [1.54, 1.807) is 0 Å². The summed E-state index contributed by atoms with van der Waals surface area (Å²) in [5.41, 5.74) is 7.16. The highest BCUT2D eigenvalue weighted by atomic mass is 15.1. The van der Waals surface area contributed by atoms with Crippen molar-refractivity contribution in [2.24, 2.45) is 0 Å². The van der Waals surface area contributed by atoms with Crippen LogP contribution in [0.15, 0.2) is 146 Å². The maximum atomic E-state index is 2.41. The van der Waals surface area contributed by atoms with Crippen LogP contribution in [0.5, 0.6) is 0 Å². The van der Waals surface area contributed by atoms with Crippen LogP contribution in [0.4, 0.5) is 17.1 Å². The van der Waals surface area contributed by atoms with Gasteiger partial charge in [0.1, 0.15) is 0 Å². The van der Waals surface area contributed by atoms with E-state index in [0.717, 1.165) is 17.1 Å². The molecular weight excluding hydrogens is 458 g/mol. The molecule has 0 fully saturated rings. The van der Waals surface area contributed by atoms with Crippen molar-refractivity contribution in [1.29, 1.82) is 0 Å². The van der Waals surface area contributed by atoms with E-state index in [2.05, 4.69) is 157 Å². The van der Waals surface area contributed by atoms with Gasteiger partial charge in [0.15, 0.2) is 0 Å². The Kier molecular flexibility index (Phi) is 5.41. The number of nitrogens with zero attached hydrogens (tertiary/aromatic N) is 1. The average molecular weight is 486 g/mol. The molecule has 0 aliphatic rings.